The predicted octanol–water partition coefficient (Wildman–Crippen LogP) is 12.8. The summed E-state index contributed by atoms with van der Waals surface area (Å²) >= 11 is 0. The second kappa shape index (κ2) is 15.4. The fraction of sp³-hybridized carbons (Fsp3) is 0.0638. The van der Waals surface area contributed by atoms with Gasteiger partial charge in [-0.1, -0.05) is 129 Å². The van der Waals surface area contributed by atoms with Gasteiger partial charge in [0.05, 0.1) is 11.2 Å². The molecule has 1 aliphatic rings. The van der Waals surface area contributed by atoms with E-state index in [4.69, 9.17) is 9.47 Å². The first-order valence-electron chi connectivity index (χ1n) is 17.3. The molecular weight excluding hydrogens is 639 g/mol. The summed E-state index contributed by atoms with van der Waals surface area (Å²) in [4.78, 5) is 7.46. The molecule has 0 fully saturated rings. The Morgan fingerprint density at radius 3 is 2.08 bits per heavy atom. The molecule has 8 aromatic rings. The molecule has 2 heterocycles. The minimum Gasteiger partial charge on any atom is -0.449 e. The van der Waals surface area contributed by atoms with Gasteiger partial charge in [0.2, 0.25) is 0 Å². The Kier molecular flexibility index (Phi) is 10.0. The first-order valence-corrected chi connectivity index (χ1v) is 17.3. The van der Waals surface area contributed by atoms with Crippen molar-refractivity contribution in [2.45, 2.75) is 20.3 Å². The molecule has 7 aromatic carbocycles. The molecule has 0 radical (unpaired) electrons. The minimum atomic E-state index is 0.697. The molecule has 1 aromatic heterocycles. The first kappa shape index (κ1) is 33.8. The Balaban J connectivity index is 0.000000173. The van der Waals surface area contributed by atoms with Gasteiger partial charge in [-0.05, 0) is 90.0 Å². The fourth-order valence-corrected chi connectivity index (χ4v) is 6.42. The van der Waals surface area contributed by atoms with E-state index in [1.54, 1.807) is 0 Å². The average Bonchev–Trinajstić information content (AvgIpc) is 3.56. The van der Waals surface area contributed by atoms with Gasteiger partial charge in [-0.3, -0.25) is 4.99 Å². The molecule has 0 atom stereocenters. The summed E-state index contributed by atoms with van der Waals surface area (Å²) in [6.07, 6.45) is 2.52. The van der Waals surface area contributed by atoms with E-state index in [0.29, 0.717) is 5.70 Å². The van der Waals surface area contributed by atoms with Crippen LogP contribution in [-0.4, -0.2) is 17.6 Å². The Bertz CT molecular complexity index is 2550. The van der Waals surface area contributed by atoms with Crippen LogP contribution >= 0.6 is 0 Å². The summed E-state index contributed by atoms with van der Waals surface area (Å²) in [5.74, 6) is 2.96. The van der Waals surface area contributed by atoms with Crippen LogP contribution in [0.2, 0.25) is 0 Å². The van der Waals surface area contributed by atoms with Crippen molar-refractivity contribution in [1.82, 2.24) is 4.57 Å². The van der Waals surface area contributed by atoms with Crippen LogP contribution in [0.5, 0.6) is 23.0 Å². The van der Waals surface area contributed by atoms with Crippen molar-refractivity contribution in [2.75, 3.05) is 0 Å². The molecule has 1 aliphatic heterocycles. The molecule has 254 valence electrons. The van der Waals surface area contributed by atoms with Gasteiger partial charge in [0, 0.05) is 16.5 Å². The maximum atomic E-state index is 6.48. The zero-order valence-corrected chi connectivity index (χ0v) is 29.4. The number of para-hydroxylation sites is 2. The molecule has 52 heavy (non-hydrogen) atoms. The number of ether oxygens (including phenoxy) is 2. The number of nitrogens with zero attached hydrogens (tertiary/aromatic N) is 3. The van der Waals surface area contributed by atoms with Crippen LogP contribution in [0.3, 0.4) is 0 Å². The largest absolute Gasteiger partial charge is 0.449 e. The van der Waals surface area contributed by atoms with E-state index in [1.165, 1.54) is 33.6 Å². The van der Waals surface area contributed by atoms with E-state index in [-0.39, 0.29) is 0 Å². The van der Waals surface area contributed by atoms with Gasteiger partial charge in [0.15, 0.2) is 23.0 Å². The van der Waals surface area contributed by atoms with Crippen LogP contribution in [0, 0.1) is 6.92 Å². The lowest BCUT2D eigenvalue weighted by molar-refractivity contribution is 0.362. The van der Waals surface area contributed by atoms with Gasteiger partial charge in [-0.25, -0.2) is 4.99 Å². The van der Waals surface area contributed by atoms with Crippen LogP contribution in [0.15, 0.2) is 174 Å². The molecule has 5 heteroatoms. The summed E-state index contributed by atoms with van der Waals surface area (Å²) < 4.78 is 15.0. The fourth-order valence-electron chi connectivity index (χ4n) is 6.42. The molecule has 0 amide bonds. The number of hydrogen-bond acceptors (Lipinski definition) is 3. The lowest BCUT2D eigenvalue weighted by Crippen LogP contribution is -2.02. The molecule has 0 N–H and O–H groups in total. The molecule has 0 spiro atoms. The highest BCUT2D eigenvalue weighted by Gasteiger charge is 2.26. The molecular formula is C47H39N3O2. The first-order chi connectivity index (χ1) is 25.6. The molecule has 5 nitrogen and oxygen atoms in total. The van der Waals surface area contributed by atoms with E-state index in [9.17, 15) is 0 Å². The SMILES string of the molecule is C=NC=NC(=C)c1ccccc1.CCc1ccccc1.Cc1cccc(-n2c3ccc4ccccc4c3c3ccc4c(c32)Oc2ccccc2O4)c1. The second-order valence-electron chi connectivity index (χ2n) is 12.4. The topological polar surface area (TPSA) is 48.1 Å². The highest BCUT2D eigenvalue weighted by Crippen LogP contribution is 2.51. The van der Waals surface area contributed by atoms with Gasteiger partial charge in [0.25, 0.3) is 0 Å². The van der Waals surface area contributed by atoms with Crippen molar-refractivity contribution in [3.63, 3.8) is 0 Å². The predicted molar refractivity (Wildman–Crippen MR) is 219 cm³/mol. The average molecular weight is 678 g/mol. The Morgan fingerprint density at radius 1 is 0.673 bits per heavy atom. The summed E-state index contributed by atoms with van der Waals surface area (Å²) in [5, 5.41) is 4.84. The minimum absolute atomic E-state index is 0.697. The highest BCUT2D eigenvalue weighted by atomic mass is 16.6. The van der Waals surface area contributed by atoms with Crippen LogP contribution in [-0.2, 0) is 6.42 Å². The smallest absolute Gasteiger partial charge is 0.194 e. The Hall–Kier alpha value is -6.72. The molecule has 9 rings (SSSR count). The number of rotatable bonds is 5. The maximum absolute atomic E-state index is 6.48. The zero-order chi connectivity index (χ0) is 35.9. The number of aromatic nitrogens is 1. The highest BCUT2D eigenvalue weighted by molar-refractivity contribution is 6.22. The molecule has 0 saturated carbocycles. The van der Waals surface area contributed by atoms with Gasteiger partial charge in [-0.15, -0.1) is 0 Å². The molecule has 0 bridgehead atoms. The van der Waals surface area contributed by atoms with Crippen molar-refractivity contribution in [3.8, 4) is 28.7 Å². The van der Waals surface area contributed by atoms with Crippen molar-refractivity contribution in [2.24, 2.45) is 9.98 Å². The maximum Gasteiger partial charge on any atom is 0.194 e. The van der Waals surface area contributed by atoms with Gasteiger partial charge < -0.3 is 14.0 Å². The van der Waals surface area contributed by atoms with Gasteiger partial charge >= 0.3 is 0 Å². The summed E-state index contributed by atoms with van der Waals surface area (Å²) in [6, 6.07) is 53.7. The third kappa shape index (κ3) is 6.98. The number of benzene rings is 7. The quantitative estimate of drug-likeness (QED) is 0.134. The second-order valence-corrected chi connectivity index (χ2v) is 12.4. The summed E-state index contributed by atoms with van der Waals surface area (Å²) in [7, 11) is 0. The summed E-state index contributed by atoms with van der Waals surface area (Å²) in [5.41, 5.74) is 7.60. The van der Waals surface area contributed by atoms with E-state index in [0.717, 1.165) is 57.1 Å². The van der Waals surface area contributed by atoms with Crippen molar-refractivity contribution in [1.29, 1.82) is 0 Å². The van der Waals surface area contributed by atoms with E-state index >= 15 is 0 Å². The van der Waals surface area contributed by atoms with Crippen molar-refractivity contribution >= 4 is 51.3 Å². The van der Waals surface area contributed by atoms with Crippen LogP contribution < -0.4 is 9.47 Å². The Morgan fingerprint density at radius 2 is 1.37 bits per heavy atom. The van der Waals surface area contributed by atoms with Crippen molar-refractivity contribution in [3.05, 3.63) is 181 Å². The summed E-state index contributed by atoms with van der Waals surface area (Å²) in [6.45, 7) is 11.3. The van der Waals surface area contributed by atoms with E-state index < -0.39 is 0 Å². The lowest BCUT2D eigenvalue weighted by atomic mass is 10.0. The van der Waals surface area contributed by atoms with Crippen LogP contribution in [0.1, 0.15) is 23.6 Å². The zero-order valence-electron chi connectivity index (χ0n) is 29.4. The molecule has 0 aliphatic carbocycles. The third-order valence-corrected chi connectivity index (χ3v) is 8.93. The van der Waals surface area contributed by atoms with E-state index in [2.05, 4.69) is 133 Å². The molecule has 0 saturated heterocycles. The van der Waals surface area contributed by atoms with E-state index in [1.807, 2.05) is 66.7 Å². The third-order valence-electron chi connectivity index (χ3n) is 8.93. The van der Waals surface area contributed by atoms with Crippen LogP contribution in [0.25, 0.3) is 44.0 Å². The Labute approximate surface area is 304 Å². The normalized spacial score (nSPS) is 11.3. The number of hydrogen-bond donors (Lipinski definition) is 0. The van der Waals surface area contributed by atoms with Gasteiger partial charge in [0.1, 0.15) is 11.9 Å². The van der Waals surface area contributed by atoms with Gasteiger partial charge in [-0.2, -0.15) is 0 Å². The monoisotopic (exact) mass is 677 g/mol. The van der Waals surface area contributed by atoms with Crippen LogP contribution in [0.4, 0.5) is 0 Å². The standard InChI is InChI=1S/C29H19NO2.C10H10N2.C8H10/c1-18-7-6-9-20(17-18)30-23-15-13-19-8-2-3-10-21(19)27(23)22-14-16-26-29(28(22)30)32-25-12-5-4-11-24(25)31-26;1-9(12-8-11-2)10-6-4-3-5-7-10;1-2-8-6-4-3-5-7-8/h2-17H,1H3;3-8H,1-2H2;3-7H,2H2,1H3. The molecule has 0 unspecified atom stereocenters. The number of aliphatic imine (C=N–C) groups is 2. The number of aryl methyl sites for hydroxylation is 2. The number of fused-ring (bicyclic) bond motifs is 8. The van der Waals surface area contributed by atoms with Crippen molar-refractivity contribution < 1.29 is 9.47 Å². The lowest BCUT2D eigenvalue weighted by Gasteiger charge is -2.22.